The van der Waals surface area contributed by atoms with Crippen molar-refractivity contribution in [1.29, 1.82) is 0 Å². The first-order chi connectivity index (χ1) is 2.41. The molecule has 3 N–H and O–H groups in total. The van der Waals surface area contributed by atoms with E-state index in [1.165, 1.54) is 0 Å². The molecule has 0 aliphatic carbocycles. The van der Waals surface area contributed by atoms with Gasteiger partial charge in [0.25, 0.3) is 0 Å². The van der Waals surface area contributed by atoms with Crippen LogP contribution in [0, 0.1) is 0 Å². The number of nitrogens with one attached hydrogen (secondary N) is 1. The van der Waals surface area contributed by atoms with Crippen LogP contribution in [0.25, 0.3) is 0 Å². The molecule has 0 saturated carbocycles. The SMILES string of the molecule is C=NNCN. The van der Waals surface area contributed by atoms with Gasteiger partial charge in [-0.1, -0.05) is 0 Å². The maximum absolute atomic E-state index is 4.89. The second kappa shape index (κ2) is 3.43. The summed E-state index contributed by atoms with van der Waals surface area (Å²) in [6, 6.07) is 0. The molecule has 0 radical (unpaired) electrons. The van der Waals surface area contributed by atoms with E-state index in [0.29, 0.717) is 6.67 Å². The Morgan fingerprint density at radius 1 is 2.00 bits per heavy atom. The Kier molecular flexibility index (Phi) is 3.04. The van der Waals surface area contributed by atoms with Gasteiger partial charge in [0.05, 0.1) is 6.67 Å². The smallest absolute Gasteiger partial charge is 0.0798 e. The van der Waals surface area contributed by atoms with Crippen molar-refractivity contribution in [2.24, 2.45) is 10.8 Å². The first-order valence-electron chi connectivity index (χ1n) is 1.30. The van der Waals surface area contributed by atoms with Crippen LogP contribution in [0.5, 0.6) is 0 Å². The minimum atomic E-state index is 0.365. The van der Waals surface area contributed by atoms with E-state index in [1.807, 2.05) is 0 Å². The number of rotatable bonds is 2. The Labute approximate surface area is 30.9 Å². The van der Waals surface area contributed by atoms with Gasteiger partial charge in [-0.2, -0.15) is 5.10 Å². The Morgan fingerprint density at radius 3 is 2.60 bits per heavy atom. The molecule has 0 saturated heterocycles. The summed E-state index contributed by atoms with van der Waals surface area (Å²) in [4.78, 5) is 0. The Balaban J connectivity index is 2.40. The molecule has 0 unspecified atom stereocenters. The average Bonchev–Trinajstić information content (AvgIpc) is 1.41. The zero-order chi connectivity index (χ0) is 4.12. The molecule has 0 fully saturated rings. The van der Waals surface area contributed by atoms with E-state index in [1.54, 1.807) is 0 Å². The average molecular weight is 73.1 g/mol. The molecule has 0 aromatic heterocycles. The van der Waals surface area contributed by atoms with Gasteiger partial charge in [0.2, 0.25) is 0 Å². The van der Waals surface area contributed by atoms with E-state index in [9.17, 15) is 0 Å². The third-order valence-electron chi connectivity index (χ3n) is 0.203. The highest BCUT2D eigenvalue weighted by Gasteiger charge is 1.53. The molecule has 0 heterocycles. The third-order valence-corrected chi connectivity index (χ3v) is 0.203. The number of hydrogen-bond acceptors (Lipinski definition) is 3. The lowest BCUT2D eigenvalue weighted by Crippen LogP contribution is -2.14. The van der Waals surface area contributed by atoms with Crippen molar-refractivity contribution in [1.82, 2.24) is 5.43 Å². The topological polar surface area (TPSA) is 50.4 Å². The quantitative estimate of drug-likeness (QED) is 0.253. The number of nitrogens with two attached hydrogens (primary N) is 1. The van der Waals surface area contributed by atoms with Crippen molar-refractivity contribution in [3.05, 3.63) is 0 Å². The summed E-state index contributed by atoms with van der Waals surface area (Å²) in [5, 5.41) is 3.23. The molecule has 0 amide bonds. The molecule has 5 heavy (non-hydrogen) atoms. The van der Waals surface area contributed by atoms with Crippen LogP contribution in [0.4, 0.5) is 0 Å². The van der Waals surface area contributed by atoms with E-state index in [-0.39, 0.29) is 0 Å². The Morgan fingerprint density at radius 2 is 2.60 bits per heavy atom. The largest absolute Gasteiger partial charge is 0.313 e. The number of hydrazone groups is 1. The summed E-state index contributed by atoms with van der Waals surface area (Å²) in [6.45, 7) is 3.47. The maximum atomic E-state index is 4.89. The van der Waals surface area contributed by atoms with E-state index >= 15 is 0 Å². The highest BCUT2D eigenvalue weighted by atomic mass is 15.3. The van der Waals surface area contributed by atoms with Crippen molar-refractivity contribution in [2.45, 2.75) is 0 Å². The third kappa shape index (κ3) is 3.43. The lowest BCUT2D eigenvalue weighted by molar-refractivity contribution is 0.767. The number of hydrogen-bond donors (Lipinski definition) is 2. The molecular weight excluding hydrogens is 66.0 g/mol. The highest BCUT2D eigenvalue weighted by Crippen LogP contribution is 1.35. The Hall–Kier alpha value is -0.570. The molecule has 0 bridgehead atoms. The van der Waals surface area contributed by atoms with E-state index < -0.39 is 0 Å². The van der Waals surface area contributed by atoms with Gasteiger partial charge in [0.1, 0.15) is 0 Å². The molecule has 30 valence electrons. The Bertz CT molecular complexity index is 26.1. The lowest BCUT2D eigenvalue weighted by atomic mass is 11.2. The van der Waals surface area contributed by atoms with Crippen LogP contribution in [-0.4, -0.2) is 13.4 Å². The second-order valence-corrected chi connectivity index (χ2v) is 0.520. The molecule has 0 atom stereocenters. The molecule has 0 aliphatic heterocycles. The number of nitrogens with zero attached hydrogens (tertiary/aromatic N) is 1. The zero-order valence-corrected chi connectivity index (χ0v) is 2.94. The van der Waals surface area contributed by atoms with Crippen molar-refractivity contribution >= 4 is 6.72 Å². The highest BCUT2D eigenvalue weighted by molar-refractivity contribution is 5.22. The van der Waals surface area contributed by atoms with Crippen molar-refractivity contribution in [2.75, 3.05) is 6.67 Å². The van der Waals surface area contributed by atoms with Gasteiger partial charge in [0, 0.05) is 6.72 Å². The van der Waals surface area contributed by atoms with Crippen LogP contribution in [0.15, 0.2) is 5.10 Å². The van der Waals surface area contributed by atoms with Crippen LogP contribution in [0.1, 0.15) is 0 Å². The van der Waals surface area contributed by atoms with Gasteiger partial charge in [-0.15, -0.1) is 0 Å². The standard InChI is InChI=1S/C2H7N3/c1-4-5-2-3/h5H,1-3H2. The van der Waals surface area contributed by atoms with Crippen LogP contribution in [0.3, 0.4) is 0 Å². The second-order valence-electron chi connectivity index (χ2n) is 0.520. The maximum Gasteiger partial charge on any atom is 0.0798 e. The molecule has 0 aromatic carbocycles. The zero-order valence-electron chi connectivity index (χ0n) is 2.94. The summed E-state index contributed by atoms with van der Waals surface area (Å²) in [6.07, 6.45) is 0. The molecule has 3 nitrogen and oxygen atoms in total. The predicted octanol–water partition coefficient (Wildman–Crippen LogP) is -0.892. The van der Waals surface area contributed by atoms with Gasteiger partial charge in [-0.3, -0.25) is 5.43 Å². The fraction of sp³-hybridized carbons (Fsp3) is 0.500. The fourth-order valence-corrected chi connectivity index (χ4v) is 0.0645. The van der Waals surface area contributed by atoms with Gasteiger partial charge >= 0.3 is 0 Å². The molecular formula is C2H7N3. The summed E-state index contributed by atoms with van der Waals surface area (Å²) in [5.41, 5.74) is 7.30. The first-order valence-corrected chi connectivity index (χ1v) is 1.30. The van der Waals surface area contributed by atoms with E-state index in [0.717, 1.165) is 0 Å². The molecule has 3 heteroatoms. The van der Waals surface area contributed by atoms with Crippen LogP contribution in [0.2, 0.25) is 0 Å². The van der Waals surface area contributed by atoms with Crippen molar-refractivity contribution < 1.29 is 0 Å². The summed E-state index contributed by atoms with van der Waals surface area (Å²) < 4.78 is 0. The summed E-state index contributed by atoms with van der Waals surface area (Å²) >= 11 is 0. The molecule has 0 aliphatic rings. The predicted molar refractivity (Wildman–Crippen MR) is 21.7 cm³/mol. The van der Waals surface area contributed by atoms with Gasteiger partial charge < -0.3 is 5.73 Å². The lowest BCUT2D eigenvalue weighted by Gasteiger charge is -1.83. The van der Waals surface area contributed by atoms with Crippen molar-refractivity contribution in [3.63, 3.8) is 0 Å². The van der Waals surface area contributed by atoms with Gasteiger partial charge in [0.15, 0.2) is 0 Å². The van der Waals surface area contributed by atoms with Crippen LogP contribution in [-0.2, 0) is 0 Å². The minimum absolute atomic E-state index is 0.365. The van der Waals surface area contributed by atoms with Gasteiger partial charge in [-0.05, 0) is 0 Å². The van der Waals surface area contributed by atoms with Crippen LogP contribution >= 0.6 is 0 Å². The molecule has 0 spiro atoms. The summed E-state index contributed by atoms with van der Waals surface area (Å²) in [7, 11) is 0. The van der Waals surface area contributed by atoms with Gasteiger partial charge in [-0.25, -0.2) is 0 Å². The summed E-state index contributed by atoms with van der Waals surface area (Å²) in [5.74, 6) is 0. The van der Waals surface area contributed by atoms with Crippen molar-refractivity contribution in [3.8, 4) is 0 Å². The van der Waals surface area contributed by atoms with E-state index in [4.69, 9.17) is 5.73 Å². The minimum Gasteiger partial charge on any atom is -0.313 e. The molecule has 0 aromatic rings. The van der Waals surface area contributed by atoms with Crippen LogP contribution < -0.4 is 11.2 Å². The normalized spacial score (nSPS) is 6.60. The first kappa shape index (κ1) is 4.43. The molecule has 0 rings (SSSR count). The monoisotopic (exact) mass is 73.1 g/mol. The fourth-order valence-electron chi connectivity index (χ4n) is 0.0645. The van der Waals surface area contributed by atoms with E-state index in [2.05, 4.69) is 17.2 Å².